The third kappa shape index (κ3) is 6.69. The normalized spacial score (nSPS) is 11.8. The summed E-state index contributed by atoms with van der Waals surface area (Å²) in [5, 5.41) is 9.57. The van der Waals surface area contributed by atoms with Crippen LogP contribution in [0.3, 0.4) is 0 Å². The number of nitrogens with zero attached hydrogens (tertiary/aromatic N) is 5. The Balaban J connectivity index is 0.965. The molecular formula is C68H43N5S. The van der Waals surface area contributed by atoms with Crippen LogP contribution in [0.2, 0.25) is 0 Å². The average molecular weight is 962 g/mol. The maximum atomic E-state index is 5.68. The molecule has 0 amide bonds. The summed E-state index contributed by atoms with van der Waals surface area (Å²) in [7, 11) is 0. The fraction of sp³-hybridized carbons (Fsp3) is 0. The van der Waals surface area contributed by atoms with Gasteiger partial charge in [-0.1, -0.05) is 188 Å². The lowest BCUT2D eigenvalue weighted by Gasteiger charge is -2.25. The van der Waals surface area contributed by atoms with Crippen LogP contribution in [0.1, 0.15) is 0 Å². The van der Waals surface area contributed by atoms with E-state index in [0.717, 1.165) is 92.8 Å². The first kappa shape index (κ1) is 42.1. The van der Waals surface area contributed by atoms with E-state index in [-0.39, 0.29) is 0 Å². The maximum Gasteiger partial charge on any atom is 0.235 e. The molecule has 6 heteroatoms. The van der Waals surface area contributed by atoms with Gasteiger partial charge in [0, 0.05) is 65.7 Å². The Labute approximate surface area is 430 Å². The fourth-order valence-corrected chi connectivity index (χ4v) is 12.5. The molecule has 0 N–H and O–H groups in total. The van der Waals surface area contributed by atoms with Crippen molar-refractivity contribution in [2.24, 2.45) is 0 Å². The first-order valence-electron chi connectivity index (χ1n) is 25.1. The second-order valence-corrected chi connectivity index (χ2v) is 20.0. The quantitative estimate of drug-likeness (QED) is 0.152. The number of fused-ring (bicyclic) bond motifs is 11. The molecule has 0 fully saturated rings. The van der Waals surface area contributed by atoms with Crippen LogP contribution in [0.25, 0.3) is 120 Å². The van der Waals surface area contributed by atoms with E-state index in [9.17, 15) is 0 Å². The van der Waals surface area contributed by atoms with Crippen LogP contribution in [-0.2, 0) is 0 Å². The molecule has 15 rings (SSSR count). The number of aromatic nitrogens is 4. The monoisotopic (exact) mass is 961 g/mol. The second kappa shape index (κ2) is 17.0. The Morgan fingerprint density at radius 2 is 0.959 bits per heavy atom. The molecule has 11 aromatic carbocycles. The topological polar surface area (TPSA) is 38.9 Å². The minimum Gasteiger partial charge on any atom is -0.311 e. The number of rotatable bonds is 8. The first-order valence-corrected chi connectivity index (χ1v) is 25.9. The molecule has 0 atom stereocenters. The van der Waals surface area contributed by atoms with Crippen LogP contribution in [0.15, 0.2) is 261 Å². The Morgan fingerprint density at radius 1 is 0.365 bits per heavy atom. The van der Waals surface area contributed by atoms with Crippen molar-refractivity contribution in [3.63, 3.8) is 0 Å². The summed E-state index contributed by atoms with van der Waals surface area (Å²) < 4.78 is 5.82. The van der Waals surface area contributed by atoms with E-state index in [2.05, 4.69) is 275 Å². The summed E-state index contributed by atoms with van der Waals surface area (Å²) in [5.74, 6) is 0.631. The minimum absolute atomic E-state index is 0.631. The van der Waals surface area contributed by atoms with E-state index in [1.807, 2.05) is 0 Å². The van der Waals surface area contributed by atoms with E-state index in [1.54, 1.807) is 11.3 Å². The largest absolute Gasteiger partial charge is 0.311 e. The Bertz CT molecular complexity index is 4600. The van der Waals surface area contributed by atoms with Gasteiger partial charge < -0.3 is 9.47 Å². The molecule has 0 aliphatic heterocycles. The lowest BCUT2D eigenvalue weighted by Crippen LogP contribution is -2.09. The van der Waals surface area contributed by atoms with Crippen molar-refractivity contribution in [2.45, 2.75) is 0 Å². The lowest BCUT2D eigenvalue weighted by molar-refractivity contribution is 1.02. The standard InChI is InChI=1S/C68H43N5S/c1-5-20-46(21-6-1)62-43-59-67(74-62)64(47-32-37-52(38-33-47)71(49-22-7-2-8-23-49)50-24-9-3-10-25-50)70-68(69-59)73-60-40-36-48(42-58(60)56-39-34-45-19-14-16-29-54(45)65(56)73)55-30-17-31-57-63-53-28-15-13-18-44(53)35-41-61(63)72(66(55)57)51-26-11-4-12-27-51/h1-43H. The number of hydrogen-bond acceptors (Lipinski definition) is 4. The molecule has 5 nitrogen and oxygen atoms in total. The molecule has 0 bridgehead atoms. The molecule has 15 aromatic rings. The van der Waals surface area contributed by atoms with Gasteiger partial charge in [0.05, 0.1) is 38.0 Å². The van der Waals surface area contributed by atoms with Gasteiger partial charge in [-0.05, 0) is 100 Å². The van der Waals surface area contributed by atoms with Gasteiger partial charge in [-0.25, -0.2) is 9.97 Å². The highest BCUT2D eigenvalue weighted by Crippen LogP contribution is 2.45. The molecule has 0 spiro atoms. The Kier molecular flexibility index (Phi) is 9.68. The highest BCUT2D eigenvalue weighted by Gasteiger charge is 2.24. The fourth-order valence-electron chi connectivity index (χ4n) is 11.4. The van der Waals surface area contributed by atoms with Gasteiger partial charge in [0.2, 0.25) is 5.95 Å². The average Bonchev–Trinajstić information content (AvgIpc) is 4.18. The molecule has 0 aliphatic carbocycles. The van der Waals surface area contributed by atoms with Gasteiger partial charge in [0.15, 0.2) is 0 Å². The predicted molar refractivity (Wildman–Crippen MR) is 312 cm³/mol. The summed E-state index contributed by atoms with van der Waals surface area (Å²) in [5.41, 5.74) is 15.2. The second-order valence-electron chi connectivity index (χ2n) is 18.9. The van der Waals surface area contributed by atoms with Crippen molar-refractivity contribution < 1.29 is 0 Å². The van der Waals surface area contributed by atoms with Crippen molar-refractivity contribution in [3.05, 3.63) is 261 Å². The number of hydrogen-bond donors (Lipinski definition) is 0. The molecule has 74 heavy (non-hydrogen) atoms. The zero-order valence-electron chi connectivity index (χ0n) is 40.0. The highest BCUT2D eigenvalue weighted by atomic mass is 32.1. The van der Waals surface area contributed by atoms with Crippen molar-refractivity contribution >= 4 is 104 Å². The van der Waals surface area contributed by atoms with Crippen LogP contribution < -0.4 is 4.90 Å². The van der Waals surface area contributed by atoms with Crippen LogP contribution >= 0.6 is 11.3 Å². The Morgan fingerprint density at radius 3 is 1.70 bits per heavy atom. The minimum atomic E-state index is 0.631. The smallest absolute Gasteiger partial charge is 0.235 e. The summed E-state index contributed by atoms with van der Waals surface area (Å²) >= 11 is 1.75. The highest BCUT2D eigenvalue weighted by molar-refractivity contribution is 7.22. The van der Waals surface area contributed by atoms with E-state index in [0.29, 0.717) is 5.95 Å². The third-order valence-corrected chi connectivity index (χ3v) is 15.9. The van der Waals surface area contributed by atoms with E-state index < -0.39 is 0 Å². The van der Waals surface area contributed by atoms with Crippen LogP contribution in [0.4, 0.5) is 17.1 Å². The van der Waals surface area contributed by atoms with Crippen LogP contribution in [-0.4, -0.2) is 19.1 Å². The Hall–Kier alpha value is -9.62. The van der Waals surface area contributed by atoms with Gasteiger partial charge in [0.1, 0.15) is 0 Å². The van der Waals surface area contributed by atoms with Crippen molar-refractivity contribution in [3.8, 4) is 44.5 Å². The molecule has 346 valence electrons. The van der Waals surface area contributed by atoms with Crippen LogP contribution in [0, 0.1) is 0 Å². The lowest BCUT2D eigenvalue weighted by atomic mass is 9.98. The van der Waals surface area contributed by atoms with Crippen molar-refractivity contribution in [1.82, 2.24) is 19.1 Å². The van der Waals surface area contributed by atoms with Crippen LogP contribution in [0.5, 0.6) is 0 Å². The summed E-state index contributed by atoms with van der Waals surface area (Å²) in [6.07, 6.45) is 0. The number of thiophene rings is 1. The van der Waals surface area contributed by atoms with E-state index >= 15 is 0 Å². The number of anilines is 3. The zero-order chi connectivity index (χ0) is 48.7. The number of benzene rings is 11. The van der Waals surface area contributed by atoms with Gasteiger partial charge >= 0.3 is 0 Å². The van der Waals surface area contributed by atoms with Crippen molar-refractivity contribution in [2.75, 3.05) is 4.90 Å². The third-order valence-electron chi connectivity index (χ3n) is 14.7. The molecule has 0 saturated heterocycles. The first-order chi connectivity index (χ1) is 36.7. The molecule has 0 unspecified atom stereocenters. The molecule has 0 saturated carbocycles. The molecule has 0 aliphatic rings. The van der Waals surface area contributed by atoms with Gasteiger partial charge in [-0.3, -0.25) is 4.57 Å². The zero-order valence-corrected chi connectivity index (χ0v) is 40.8. The molecule has 4 heterocycles. The van der Waals surface area contributed by atoms with Gasteiger partial charge in [-0.2, -0.15) is 0 Å². The molecule has 0 radical (unpaired) electrons. The van der Waals surface area contributed by atoms with Crippen molar-refractivity contribution in [1.29, 1.82) is 0 Å². The van der Waals surface area contributed by atoms with E-state index in [4.69, 9.17) is 9.97 Å². The van der Waals surface area contributed by atoms with E-state index in [1.165, 1.54) is 38.1 Å². The predicted octanol–water partition coefficient (Wildman–Crippen LogP) is 18.7. The molecular weight excluding hydrogens is 919 g/mol. The summed E-state index contributed by atoms with van der Waals surface area (Å²) in [4.78, 5) is 14.7. The van der Waals surface area contributed by atoms with Gasteiger partial charge in [0.25, 0.3) is 0 Å². The molecule has 4 aromatic heterocycles. The summed E-state index contributed by atoms with van der Waals surface area (Å²) in [6, 6.07) is 93.9. The summed E-state index contributed by atoms with van der Waals surface area (Å²) in [6.45, 7) is 0. The maximum absolute atomic E-state index is 5.68. The van der Waals surface area contributed by atoms with Gasteiger partial charge in [-0.15, -0.1) is 11.3 Å². The number of para-hydroxylation sites is 4. The SMILES string of the molecule is c1ccc(-c2cc3nc(-n4c5ccc(-c6cccc7c8c9ccccc9ccc8n(-c8ccccc8)c67)cc5c5ccc6ccccc6c54)nc(-c4ccc(N(c5ccccc5)c5ccccc5)cc4)c3s2)cc1.